The molecular formula is C16H23N5. The van der Waals surface area contributed by atoms with Crippen LogP contribution in [0.5, 0.6) is 0 Å². The molecule has 21 heavy (non-hydrogen) atoms. The van der Waals surface area contributed by atoms with Crippen LogP contribution >= 0.6 is 0 Å². The van der Waals surface area contributed by atoms with Gasteiger partial charge < -0.3 is 14.6 Å². The largest absolute Gasteiger partial charge is 0.372 e. The summed E-state index contributed by atoms with van der Waals surface area (Å²) in [5, 5.41) is 3.14. The van der Waals surface area contributed by atoms with Crippen LogP contribution in [0.4, 0.5) is 11.6 Å². The molecule has 2 heterocycles. The minimum atomic E-state index is 0.837. The lowest BCUT2D eigenvalue weighted by atomic mass is 9.88. The lowest BCUT2D eigenvalue weighted by Gasteiger charge is -2.28. The van der Waals surface area contributed by atoms with Gasteiger partial charge in [-0.1, -0.05) is 6.42 Å². The molecule has 2 saturated carbocycles. The summed E-state index contributed by atoms with van der Waals surface area (Å²) < 4.78 is 2.05. The Labute approximate surface area is 125 Å². The number of aromatic nitrogens is 3. The fraction of sp³-hybridized carbons (Fsp3) is 0.625. The topological polar surface area (TPSA) is 45.5 Å². The molecule has 1 N–H and O–H groups in total. The van der Waals surface area contributed by atoms with Gasteiger partial charge in [-0.05, 0) is 37.0 Å². The van der Waals surface area contributed by atoms with Crippen molar-refractivity contribution >= 4 is 17.3 Å². The van der Waals surface area contributed by atoms with Gasteiger partial charge in [0.2, 0.25) is 0 Å². The van der Waals surface area contributed by atoms with Crippen molar-refractivity contribution in [2.24, 2.45) is 17.8 Å². The Hall–Kier alpha value is -1.78. The quantitative estimate of drug-likeness (QED) is 0.938. The molecule has 3 unspecified atom stereocenters. The first-order valence-corrected chi connectivity index (χ1v) is 7.97. The Morgan fingerprint density at radius 2 is 2.29 bits per heavy atom. The lowest BCUT2D eigenvalue weighted by molar-refractivity contribution is 0.337. The van der Waals surface area contributed by atoms with E-state index in [1.165, 1.54) is 25.7 Å². The standard InChI is InChI=1S/C16H23N5/c1-17-14-10-21-6-5-18-15(21)16(19-14)20(2)9-13-8-11-3-4-12(13)7-11/h5-6,10-13,17H,3-4,7-9H2,1-2H3. The molecule has 0 amide bonds. The summed E-state index contributed by atoms with van der Waals surface area (Å²) in [7, 11) is 4.06. The molecule has 0 radical (unpaired) electrons. The molecule has 0 spiro atoms. The van der Waals surface area contributed by atoms with Crippen molar-refractivity contribution in [3.05, 3.63) is 18.6 Å². The molecular weight excluding hydrogens is 262 g/mol. The lowest BCUT2D eigenvalue weighted by Crippen LogP contribution is -2.29. The van der Waals surface area contributed by atoms with Gasteiger partial charge in [-0.2, -0.15) is 0 Å². The van der Waals surface area contributed by atoms with Crippen molar-refractivity contribution in [1.82, 2.24) is 14.4 Å². The number of fused-ring (bicyclic) bond motifs is 3. The van der Waals surface area contributed by atoms with E-state index >= 15 is 0 Å². The highest BCUT2D eigenvalue weighted by Crippen LogP contribution is 2.48. The SMILES string of the molecule is CNc1cn2ccnc2c(N(C)CC2CC3CCC2C3)n1. The second kappa shape index (κ2) is 4.90. The third kappa shape index (κ3) is 2.15. The van der Waals surface area contributed by atoms with E-state index in [4.69, 9.17) is 4.98 Å². The van der Waals surface area contributed by atoms with Crippen LogP contribution in [-0.2, 0) is 0 Å². The van der Waals surface area contributed by atoms with E-state index in [1.807, 2.05) is 30.0 Å². The van der Waals surface area contributed by atoms with Crippen molar-refractivity contribution < 1.29 is 0 Å². The van der Waals surface area contributed by atoms with Gasteiger partial charge in [-0.25, -0.2) is 9.97 Å². The zero-order valence-electron chi connectivity index (χ0n) is 12.8. The molecule has 4 rings (SSSR count). The molecule has 2 aromatic heterocycles. The average molecular weight is 285 g/mol. The van der Waals surface area contributed by atoms with E-state index < -0.39 is 0 Å². The highest BCUT2D eigenvalue weighted by Gasteiger charge is 2.39. The van der Waals surface area contributed by atoms with Crippen LogP contribution in [0, 0.1) is 17.8 Å². The Bertz CT molecular complexity index is 649. The number of hydrogen-bond donors (Lipinski definition) is 1. The van der Waals surface area contributed by atoms with Crippen LogP contribution in [0.1, 0.15) is 25.7 Å². The molecule has 2 aliphatic carbocycles. The van der Waals surface area contributed by atoms with E-state index in [-0.39, 0.29) is 0 Å². The molecule has 112 valence electrons. The van der Waals surface area contributed by atoms with Crippen LogP contribution < -0.4 is 10.2 Å². The van der Waals surface area contributed by atoms with E-state index in [0.29, 0.717) is 0 Å². The molecule has 2 bridgehead atoms. The average Bonchev–Trinajstić information content (AvgIpc) is 3.21. The summed E-state index contributed by atoms with van der Waals surface area (Å²) in [6.07, 6.45) is 11.6. The maximum Gasteiger partial charge on any atom is 0.180 e. The van der Waals surface area contributed by atoms with Crippen LogP contribution in [0.3, 0.4) is 0 Å². The Balaban J connectivity index is 1.61. The molecule has 3 atom stereocenters. The Morgan fingerprint density at radius 3 is 3.00 bits per heavy atom. The monoisotopic (exact) mass is 285 g/mol. The second-order valence-electron chi connectivity index (χ2n) is 6.67. The van der Waals surface area contributed by atoms with Gasteiger partial charge in [0.15, 0.2) is 11.5 Å². The predicted molar refractivity (Wildman–Crippen MR) is 84.7 cm³/mol. The number of rotatable bonds is 4. The van der Waals surface area contributed by atoms with Crippen LogP contribution in [0.2, 0.25) is 0 Å². The number of anilines is 2. The second-order valence-corrected chi connectivity index (χ2v) is 6.67. The van der Waals surface area contributed by atoms with E-state index in [0.717, 1.165) is 41.6 Å². The van der Waals surface area contributed by atoms with Gasteiger partial charge in [0, 0.05) is 33.0 Å². The number of imidazole rings is 1. The molecule has 2 aromatic rings. The summed E-state index contributed by atoms with van der Waals surface area (Å²) in [6, 6.07) is 0. The van der Waals surface area contributed by atoms with Crippen LogP contribution in [0.25, 0.3) is 5.65 Å². The van der Waals surface area contributed by atoms with Crippen LogP contribution in [-0.4, -0.2) is 35.0 Å². The molecule has 0 saturated heterocycles. The first-order chi connectivity index (χ1) is 10.2. The zero-order chi connectivity index (χ0) is 14.4. The van der Waals surface area contributed by atoms with Gasteiger partial charge in [-0.3, -0.25) is 0 Å². The Morgan fingerprint density at radius 1 is 1.38 bits per heavy atom. The van der Waals surface area contributed by atoms with Gasteiger partial charge in [0.05, 0.1) is 6.20 Å². The maximum atomic E-state index is 4.73. The molecule has 5 nitrogen and oxygen atoms in total. The summed E-state index contributed by atoms with van der Waals surface area (Å²) in [6.45, 7) is 1.10. The molecule has 2 fully saturated rings. The molecule has 5 heteroatoms. The van der Waals surface area contributed by atoms with Gasteiger partial charge >= 0.3 is 0 Å². The van der Waals surface area contributed by atoms with Gasteiger partial charge in [0.1, 0.15) is 5.82 Å². The van der Waals surface area contributed by atoms with Crippen molar-refractivity contribution in [2.45, 2.75) is 25.7 Å². The Kier molecular flexibility index (Phi) is 3.01. The minimum Gasteiger partial charge on any atom is -0.372 e. The predicted octanol–water partition coefficient (Wildman–Crippen LogP) is 2.64. The molecule has 0 aliphatic heterocycles. The molecule has 2 aliphatic rings. The molecule has 0 aromatic carbocycles. The van der Waals surface area contributed by atoms with E-state index in [1.54, 1.807) is 0 Å². The highest BCUT2D eigenvalue weighted by molar-refractivity contribution is 5.66. The first-order valence-electron chi connectivity index (χ1n) is 7.97. The maximum absolute atomic E-state index is 4.73. The fourth-order valence-electron chi connectivity index (χ4n) is 4.33. The van der Waals surface area contributed by atoms with Crippen molar-refractivity contribution in [3.63, 3.8) is 0 Å². The summed E-state index contributed by atoms with van der Waals surface area (Å²) in [4.78, 5) is 11.5. The normalized spacial score (nSPS) is 27.4. The first kappa shape index (κ1) is 12.9. The van der Waals surface area contributed by atoms with E-state index in [9.17, 15) is 0 Å². The zero-order valence-corrected chi connectivity index (χ0v) is 12.8. The number of hydrogen-bond acceptors (Lipinski definition) is 4. The third-order valence-corrected chi connectivity index (χ3v) is 5.37. The van der Waals surface area contributed by atoms with Gasteiger partial charge in [0.25, 0.3) is 0 Å². The fourth-order valence-corrected chi connectivity index (χ4v) is 4.33. The van der Waals surface area contributed by atoms with Crippen LogP contribution in [0.15, 0.2) is 18.6 Å². The number of nitrogens with zero attached hydrogens (tertiary/aromatic N) is 4. The minimum absolute atomic E-state index is 0.837. The van der Waals surface area contributed by atoms with Crippen molar-refractivity contribution in [2.75, 3.05) is 30.9 Å². The summed E-state index contributed by atoms with van der Waals surface area (Å²) >= 11 is 0. The van der Waals surface area contributed by atoms with Crippen molar-refractivity contribution in [3.8, 4) is 0 Å². The summed E-state index contributed by atoms with van der Waals surface area (Å²) in [5.41, 5.74) is 0.944. The van der Waals surface area contributed by atoms with E-state index in [2.05, 4.69) is 22.2 Å². The third-order valence-electron chi connectivity index (χ3n) is 5.37. The van der Waals surface area contributed by atoms with Crippen molar-refractivity contribution in [1.29, 1.82) is 0 Å². The number of nitrogens with one attached hydrogen (secondary N) is 1. The highest BCUT2D eigenvalue weighted by atomic mass is 15.2. The summed E-state index contributed by atoms with van der Waals surface area (Å²) in [5.74, 6) is 4.64. The smallest absolute Gasteiger partial charge is 0.180 e. The van der Waals surface area contributed by atoms with Gasteiger partial charge in [-0.15, -0.1) is 0 Å².